The van der Waals surface area contributed by atoms with Crippen LogP contribution in [0.5, 0.6) is 5.75 Å². The summed E-state index contributed by atoms with van der Waals surface area (Å²) in [4.78, 5) is 12.4. The van der Waals surface area contributed by atoms with Gasteiger partial charge in [0.25, 0.3) is 5.91 Å². The zero-order valence-electron chi connectivity index (χ0n) is 16.8. The summed E-state index contributed by atoms with van der Waals surface area (Å²) < 4.78 is 5.87. The number of hydrogen-bond acceptors (Lipinski definition) is 4. The molecule has 8 heteroatoms. The van der Waals surface area contributed by atoms with Crippen LogP contribution in [0.15, 0.2) is 84.0 Å². The van der Waals surface area contributed by atoms with E-state index >= 15 is 0 Å². The first-order chi connectivity index (χ1) is 15.6. The summed E-state index contributed by atoms with van der Waals surface area (Å²) in [5, 5.41) is 11.9. The van der Waals surface area contributed by atoms with Crippen LogP contribution in [0.2, 0.25) is 10.0 Å². The van der Waals surface area contributed by atoms with E-state index in [1.165, 1.54) is 6.21 Å². The SMILES string of the molecule is O=C(N/N=C/c1ccc(Cl)cc1Cl)c1cc(-c2cccc(OCc3ccccc3)c2)n[nH]1. The number of aromatic nitrogens is 2. The van der Waals surface area contributed by atoms with Gasteiger partial charge in [0.2, 0.25) is 0 Å². The average Bonchev–Trinajstić information content (AvgIpc) is 3.31. The Morgan fingerprint density at radius 1 is 1.03 bits per heavy atom. The van der Waals surface area contributed by atoms with Crippen molar-refractivity contribution in [2.75, 3.05) is 0 Å². The van der Waals surface area contributed by atoms with Crippen LogP contribution >= 0.6 is 23.2 Å². The van der Waals surface area contributed by atoms with Gasteiger partial charge in [-0.15, -0.1) is 0 Å². The topological polar surface area (TPSA) is 79.4 Å². The van der Waals surface area contributed by atoms with Gasteiger partial charge in [-0.1, -0.05) is 71.7 Å². The molecule has 0 fully saturated rings. The standard InChI is InChI=1S/C24H18Cl2N4O2/c25-19-10-9-18(21(26)12-19)14-27-30-24(31)23-13-22(28-29-23)17-7-4-8-20(11-17)32-15-16-5-2-1-3-6-16/h1-14H,15H2,(H,28,29)(H,30,31)/b27-14+. The molecule has 0 bridgehead atoms. The first-order valence-corrected chi connectivity index (χ1v) is 10.4. The molecule has 32 heavy (non-hydrogen) atoms. The van der Waals surface area contributed by atoms with Crippen molar-refractivity contribution in [2.45, 2.75) is 6.61 Å². The maximum Gasteiger partial charge on any atom is 0.289 e. The summed E-state index contributed by atoms with van der Waals surface area (Å²) in [6.45, 7) is 0.466. The predicted molar refractivity (Wildman–Crippen MR) is 126 cm³/mol. The smallest absolute Gasteiger partial charge is 0.289 e. The number of aromatic amines is 1. The van der Waals surface area contributed by atoms with E-state index in [1.807, 2.05) is 54.6 Å². The van der Waals surface area contributed by atoms with Gasteiger partial charge in [-0.2, -0.15) is 10.2 Å². The second-order valence-corrected chi connectivity index (χ2v) is 7.68. The minimum atomic E-state index is -0.429. The Hall–Kier alpha value is -3.61. The summed E-state index contributed by atoms with van der Waals surface area (Å²) >= 11 is 12.0. The van der Waals surface area contributed by atoms with Crippen LogP contribution in [0.4, 0.5) is 0 Å². The third-order valence-corrected chi connectivity index (χ3v) is 5.10. The lowest BCUT2D eigenvalue weighted by molar-refractivity contribution is 0.0950. The molecule has 0 spiro atoms. The lowest BCUT2D eigenvalue weighted by Crippen LogP contribution is -2.18. The molecule has 0 aliphatic rings. The Balaban J connectivity index is 1.39. The molecular formula is C24H18Cl2N4O2. The number of ether oxygens (including phenoxy) is 1. The van der Waals surface area contributed by atoms with Gasteiger partial charge in [0.05, 0.1) is 16.9 Å². The molecule has 1 amide bonds. The molecule has 1 heterocycles. The molecule has 4 rings (SSSR count). The highest BCUT2D eigenvalue weighted by atomic mass is 35.5. The van der Waals surface area contributed by atoms with E-state index in [0.29, 0.717) is 33.7 Å². The molecule has 6 nitrogen and oxygen atoms in total. The van der Waals surface area contributed by atoms with Gasteiger partial charge in [0.15, 0.2) is 0 Å². The number of benzene rings is 3. The fourth-order valence-corrected chi connectivity index (χ4v) is 3.36. The summed E-state index contributed by atoms with van der Waals surface area (Å²) in [6.07, 6.45) is 1.45. The van der Waals surface area contributed by atoms with Crippen LogP contribution in [0.1, 0.15) is 21.6 Å². The maximum absolute atomic E-state index is 12.4. The molecule has 0 saturated carbocycles. The van der Waals surface area contributed by atoms with Crippen molar-refractivity contribution < 1.29 is 9.53 Å². The molecule has 2 N–H and O–H groups in total. The van der Waals surface area contributed by atoms with Crippen LogP contribution in [0.3, 0.4) is 0 Å². The van der Waals surface area contributed by atoms with Crippen LogP contribution < -0.4 is 10.2 Å². The largest absolute Gasteiger partial charge is 0.489 e. The molecule has 1 aromatic heterocycles. The van der Waals surface area contributed by atoms with E-state index in [4.69, 9.17) is 27.9 Å². The van der Waals surface area contributed by atoms with Crippen molar-refractivity contribution in [1.82, 2.24) is 15.6 Å². The Labute approximate surface area is 194 Å². The normalized spacial score (nSPS) is 10.9. The zero-order chi connectivity index (χ0) is 22.3. The molecule has 0 aliphatic heterocycles. The maximum atomic E-state index is 12.4. The second-order valence-electron chi connectivity index (χ2n) is 6.83. The Morgan fingerprint density at radius 3 is 2.69 bits per heavy atom. The van der Waals surface area contributed by atoms with Crippen LogP contribution in [0, 0.1) is 0 Å². The van der Waals surface area contributed by atoms with Crippen molar-refractivity contribution in [3.05, 3.63) is 106 Å². The van der Waals surface area contributed by atoms with Gasteiger partial charge in [-0.25, -0.2) is 5.43 Å². The van der Waals surface area contributed by atoms with Gasteiger partial charge < -0.3 is 4.74 Å². The van der Waals surface area contributed by atoms with Crippen molar-refractivity contribution in [3.8, 4) is 17.0 Å². The number of halogens is 2. The van der Waals surface area contributed by atoms with Gasteiger partial charge >= 0.3 is 0 Å². The van der Waals surface area contributed by atoms with E-state index in [1.54, 1.807) is 24.3 Å². The number of nitrogens with zero attached hydrogens (tertiary/aromatic N) is 2. The summed E-state index contributed by atoms with van der Waals surface area (Å²) in [6, 6.07) is 24.1. The monoisotopic (exact) mass is 464 g/mol. The molecule has 0 aliphatic carbocycles. The summed E-state index contributed by atoms with van der Waals surface area (Å²) in [7, 11) is 0. The van der Waals surface area contributed by atoms with Gasteiger partial charge in [-0.3, -0.25) is 9.89 Å². The zero-order valence-corrected chi connectivity index (χ0v) is 18.3. The lowest BCUT2D eigenvalue weighted by Gasteiger charge is -2.07. The quantitative estimate of drug-likeness (QED) is 0.270. The number of rotatable bonds is 7. The molecule has 0 radical (unpaired) electrons. The van der Waals surface area contributed by atoms with E-state index < -0.39 is 5.91 Å². The first kappa shape index (κ1) is 21.6. The number of H-pyrrole nitrogens is 1. The van der Waals surface area contributed by atoms with Gasteiger partial charge in [-0.05, 0) is 35.9 Å². The summed E-state index contributed by atoms with van der Waals surface area (Å²) in [5.41, 5.74) is 5.87. The van der Waals surface area contributed by atoms with Gasteiger partial charge in [0.1, 0.15) is 18.1 Å². The molecule has 0 saturated heterocycles. The molecule has 3 aromatic carbocycles. The van der Waals surface area contributed by atoms with E-state index in [2.05, 4.69) is 20.7 Å². The summed E-state index contributed by atoms with van der Waals surface area (Å²) in [5.74, 6) is 0.284. The van der Waals surface area contributed by atoms with Crippen molar-refractivity contribution in [2.24, 2.45) is 5.10 Å². The number of carbonyl (C=O) groups is 1. The molecule has 0 atom stereocenters. The van der Waals surface area contributed by atoms with Crippen molar-refractivity contribution in [1.29, 1.82) is 0 Å². The predicted octanol–water partition coefficient (Wildman–Crippen LogP) is 5.73. The number of amides is 1. The third-order valence-electron chi connectivity index (χ3n) is 4.53. The molecule has 0 unspecified atom stereocenters. The molecule has 160 valence electrons. The molecule has 4 aromatic rings. The molecular weight excluding hydrogens is 447 g/mol. The van der Waals surface area contributed by atoms with Gasteiger partial charge in [0, 0.05) is 16.1 Å². The Morgan fingerprint density at radius 2 is 1.88 bits per heavy atom. The number of hydrazone groups is 1. The second kappa shape index (κ2) is 10.1. The number of carbonyl (C=O) groups excluding carboxylic acids is 1. The highest BCUT2D eigenvalue weighted by molar-refractivity contribution is 6.36. The highest BCUT2D eigenvalue weighted by Gasteiger charge is 2.11. The van der Waals surface area contributed by atoms with E-state index in [0.717, 1.165) is 11.1 Å². The Kier molecular flexibility index (Phi) is 6.84. The number of hydrogen-bond donors (Lipinski definition) is 2. The van der Waals surface area contributed by atoms with Crippen molar-refractivity contribution >= 4 is 35.3 Å². The van der Waals surface area contributed by atoms with E-state index in [-0.39, 0.29) is 5.69 Å². The minimum absolute atomic E-state index is 0.273. The Bertz CT molecular complexity index is 1260. The van der Waals surface area contributed by atoms with Crippen LogP contribution in [0.25, 0.3) is 11.3 Å². The van der Waals surface area contributed by atoms with Crippen LogP contribution in [-0.2, 0) is 6.61 Å². The number of nitrogens with one attached hydrogen (secondary N) is 2. The average molecular weight is 465 g/mol. The fourth-order valence-electron chi connectivity index (χ4n) is 2.90. The third kappa shape index (κ3) is 5.55. The lowest BCUT2D eigenvalue weighted by atomic mass is 10.1. The minimum Gasteiger partial charge on any atom is -0.489 e. The highest BCUT2D eigenvalue weighted by Crippen LogP contribution is 2.24. The van der Waals surface area contributed by atoms with Crippen LogP contribution in [-0.4, -0.2) is 22.3 Å². The first-order valence-electron chi connectivity index (χ1n) is 9.69. The van der Waals surface area contributed by atoms with E-state index in [9.17, 15) is 4.79 Å². The van der Waals surface area contributed by atoms with Crippen molar-refractivity contribution in [3.63, 3.8) is 0 Å². The fraction of sp³-hybridized carbons (Fsp3) is 0.0417.